The minimum Gasteiger partial charge on any atom is -0.480 e. The molecule has 7 heteroatoms. The zero-order valence-electron chi connectivity index (χ0n) is 12.6. The highest BCUT2D eigenvalue weighted by atomic mass is 32.2. The van der Waals surface area contributed by atoms with Crippen molar-refractivity contribution in [3.05, 3.63) is 53.1 Å². The second-order valence-electron chi connectivity index (χ2n) is 5.13. The summed E-state index contributed by atoms with van der Waals surface area (Å²) in [6.07, 6.45) is 1.58. The van der Waals surface area contributed by atoms with Crippen molar-refractivity contribution in [3.63, 3.8) is 0 Å². The molecular formula is C17H13NO4S2. The van der Waals surface area contributed by atoms with E-state index in [2.05, 4.69) is 0 Å². The van der Waals surface area contributed by atoms with Crippen molar-refractivity contribution in [2.75, 3.05) is 0 Å². The predicted octanol–water partition coefficient (Wildman–Crippen LogP) is 3.62. The first kappa shape index (κ1) is 16.5. The molecule has 1 N–H and O–H groups in total. The minimum absolute atomic E-state index is 0.232. The van der Waals surface area contributed by atoms with Crippen molar-refractivity contribution in [3.8, 4) is 11.3 Å². The highest BCUT2D eigenvalue weighted by Crippen LogP contribution is 2.34. The SMILES string of the molecule is CC(C(=O)O)N1C(=O)/C(=C/c2ccc(-c3ccccc3)o2)SC1=S. The summed E-state index contributed by atoms with van der Waals surface area (Å²) >= 11 is 6.19. The maximum atomic E-state index is 12.4. The Morgan fingerprint density at radius 2 is 2.00 bits per heavy atom. The van der Waals surface area contributed by atoms with Gasteiger partial charge in [-0.2, -0.15) is 0 Å². The molecule has 2 aromatic rings. The van der Waals surface area contributed by atoms with Crippen LogP contribution in [0.4, 0.5) is 0 Å². The number of carboxylic acids is 1. The number of carbonyl (C=O) groups is 2. The lowest BCUT2D eigenvalue weighted by Gasteiger charge is -2.18. The first-order valence-corrected chi connectivity index (χ1v) is 8.35. The molecule has 1 aromatic carbocycles. The Morgan fingerprint density at radius 1 is 1.29 bits per heavy atom. The molecule has 1 fully saturated rings. The third-order valence-corrected chi connectivity index (χ3v) is 4.86. The van der Waals surface area contributed by atoms with Crippen LogP contribution in [0.3, 0.4) is 0 Å². The standard InChI is InChI=1S/C17H13NO4S2/c1-10(16(20)21)18-15(19)14(24-17(18)23)9-12-7-8-13(22-12)11-5-3-2-4-6-11/h2-10H,1H3,(H,20,21)/b14-9-. The lowest BCUT2D eigenvalue weighted by atomic mass is 10.2. The number of carbonyl (C=O) groups excluding carboxylic acids is 1. The summed E-state index contributed by atoms with van der Waals surface area (Å²) in [6.45, 7) is 1.43. The molecule has 1 aliphatic rings. The zero-order valence-corrected chi connectivity index (χ0v) is 14.3. The van der Waals surface area contributed by atoms with Gasteiger partial charge in [-0.05, 0) is 19.1 Å². The van der Waals surface area contributed by atoms with E-state index in [0.717, 1.165) is 22.2 Å². The second kappa shape index (κ2) is 6.62. The molecule has 0 radical (unpaired) electrons. The van der Waals surface area contributed by atoms with Gasteiger partial charge in [-0.15, -0.1) is 0 Å². The molecule has 1 aromatic heterocycles. The van der Waals surface area contributed by atoms with Crippen LogP contribution in [-0.4, -0.2) is 32.2 Å². The summed E-state index contributed by atoms with van der Waals surface area (Å²) in [5.74, 6) is -0.317. The van der Waals surface area contributed by atoms with E-state index in [1.807, 2.05) is 36.4 Å². The van der Waals surface area contributed by atoms with Crippen molar-refractivity contribution in [1.82, 2.24) is 4.90 Å². The van der Waals surface area contributed by atoms with Crippen LogP contribution in [0.25, 0.3) is 17.4 Å². The third kappa shape index (κ3) is 3.13. The molecule has 24 heavy (non-hydrogen) atoms. The lowest BCUT2D eigenvalue weighted by molar-refractivity contribution is -0.144. The summed E-state index contributed by atoms with van der Waals surface area (Å²) in [7, 11) is 0. The molecule has 5 nitrogen and oxygen atoms in total. The van der Waals surface area contributed by atoms with Crippen LogP contribution >= 0.6 is 24.0 Å². The van der Waals surface area contributed by atoms with Crippen LogP contribution < -0.4 is 0 Å². The van der Waals surface area contributed by atoms with Crippen LogP contribution in [0, 0.1) is 0 Å². The van der Waals surface area contributed by atoms with Crippen LogP contribution in [0.1, 0.15) is 12.7 Å². The molecular weight excluding hydrogens is 346 g/mol. The molecule has 1 unspecified atom stereocenters. The molecule has 122 valence electrons. The molecule has 0 spiro atoms. The van der Waals surface area contributed by atoms with Gasteiger partial charge in [0.25, 0.3) is 5.91 Å². The van der Waals surface area contributed by atoms with Crippen LogP contribution in [0.5, 0.6) is 0 Å². The van der Waals surface area contributed by atoms with E-state index in [1.54, 1.807) is 12.1 Å². The monoisotopic (exact) mass is 359 g/mol. The van der Waals surface area contributed by atoms with Gasteiger partial charge in [0.15, 0.2) is 0 Å². The molecule has 2 heterocycles. The highest BCUT2D eigenvalue weighted by Gasteiger charge is 2.38. The Kier molecular flexibility index (Phi) is 4.55. The molecule has 0 bridgehead atoms. The Hall–Kier alpha value is -2.38. The lowest BCUT2D eigenvalue weighted by Crippen LogP contribution is -2.41. The molecule has 1 aliphatic heterocycles. The van der Waals surface area contributed by atoms with Gasteiger partial charge in [0.05, 0.1) is 4.91 Å². The van der Waals surface area contributed by atoms with Gasteiger partial charge < -0.3 is 9.52 Å². The van der Waals surface area contributed by atoms with Crippen molar-refractivity contribution in [2.45, 2.75) is 13.0 Å². The summed E-state index contributed by atoms with van der Waals surface area (Å²) < 4.78 is 5.97. The average molecular weight is 359 g/mol. The van der Waals surface area contributed by atoms with Gasteiger partial charge in [0.2, 0.25) is 0 Å². The number of hydrogen-bond donors (Lipinski definition) is 1. The Labute approximate surface area is 148 Å². The summed E-state index contributed by atoms with van der Waals surface area (Å²) in [5.41, 5.74) is 0.934. The summed E-state index contributed by atoms with van der Waals surface area (Å²) in [6, 6.07) is 12.2. The molecule has 0 aliphatic carbocycles. The van der Waals surface area contributed by atoms with Crippen LogP contribution in [0.15, 0.2) is 51.8 Å². The Bertz CT molecular complexity index is 841. The van der Waals surface area contributed by atoms with Crippen molar-refractivity contribution in [1.29, 1.82) is 0 Å². The largest absolute Gasteiger partial charge is 0.480 e. The van der Waals surface area contributed by atoms with E-state index < -0.39 is 17.9 Å². The highest BCUT2D eigenvalue weighted by molar-refractivity contribution is 8.26. The average Bonchev–Trinajstić information content (AvgIpc) is 3.13. The molecule has 1 atom stereocenters. The van der Waals surface area contributed by atoms with E-state index in [9.17, 15) is 9.59 Å². The number of thiocarbonyl (C=S) groups is 1. The number of rotatable bonds is 4. The summed E-state index contributed by atoms with van der Waals surface area (Å²) in [4.78, 5) is 24.9. The predicted molar refractivity (Wildman–Crippen MR) is 96.3 cm³/mol. The number of hydrogen-bond acceptors (Lipinski definition) is 5. The smallest absolute Gasteiger partial charge is 0.326 e. The zero-order chi connectivity index (χ0) is 17.3. The quantitative estimate of drug-likeness (QED) is 0.664. The normalized spacial score (nSPS) is 17.5. The number of furan rings is 1. The van der Waals surface area contributed by atoms with Gasteiger partial charge in [-0.25, -0.2) is 4.79 Å². The fraction of sp³-hybridized carbons (Fsp3) is 0.118. The van der Waals surface area contributed by atoms with E-state index in [1.165, 1.54) is 6.92 Å². The molecule has 1 saturated heterocycles. The number of benzene rings is 1. The third-order valence-electron chi connectivity index (χ3n) is 3.53. The minimum atomic E-state index is -1.10. The van der Waals surface area contributed by atoms with Crippen molar-refractivity contribution >= 4 is 46.3 Å². The van der Waals surface area contributed by atoms with E-state index in [4.69, 9.17) is 21.7 Å². The first-order chi connectivity index (χ1) is 11.5. The number of carboxylic acid groups (broad SMARTS) is 1. The second-order valence-corrected chi connectivity index (χ2v) is 6.81. The maximum absolute atomic E-state index is 12.4. The maximum Gasteiger partial charge on any atom is 0.326 e. The Morgan fingerprint density at radius 3 is 2.67 bits per heavy atom. The molecule has 1 amide bonds. The number of thioether (sulfide) groups is 1. The Balaban J connectivity index is 1.85. The number of nitrogens with zero attached hydrogens (tertiary/aromatic N) is 1. The van der Waals surface area contributed by atoms with Gasteiger partial charge in [0, 0.05) is 11.6 Å². The van der Waals surface area contributed by atoms with Crippen LogP contribution in [0.2, 0.25) is 0 Å². The van der Waals surface area contributed by atoms with Gasteiger partial charge in [-0.1, -0.05) is 54.3 Å². The summed E-state index contributed by atoms with van der Waals surface area (Å²) in [5, 5.41) is 9.08. The fourth-order valence-corrected chi connectivity index (χ4v) is 3.64. The van der Waals surface area contributed by atoms with E-state index in [-0.39, 0.29) is 4.32 Å². The number of amides is 1. The van der Waals surface area contributed by atoms with Gasteiger partial charge >= 0.3 is 5.97 Å². The van der Waals surface area contributed by atoms with E-state index >= 15 is 0 Å². The van der Waals surface area contributed by atoms with E-state index in [0.29, 0.717) is 16.4 Å². The van der Waals surface area contributed by atoms with Crippen LogP contribution in [-0.2, 0) is 9.59 Å². The molecule has 3 rings (SSSR count). The van der Waals surface area contributed by atoms with Gasteiger partial charge in [-0.3, -0.25) is 9.69 Å². The molecule has 0 saturated carbocycles. The number of aliphatic carboxylic acids is 1. The van der Waals surface area contributed by atoms with Gasteiger partial charge in [0.1, 0.15) is 21.9 Å². The fourth-order valence-electron chi connectivity index (χ4n) is 2.24. The topological polar surface area (TPSA) is 70.8 Å². The van der Waals surface area contributed by atoms with Crippen molar-refractivity contribution in [2.24, 2.45) is 0 Å². The van der Waals surface area contributed by atoms with Crippen molar-refractivity contribution < 1.29 is 19.1 Å². The first-order valence-electron chi connectivity index (χ1n) is 7.12.